The summed E-state index contributed by atoms with van der Waals surface area (Å²) in [5.74, 6) is 8.05. The summed E-state index contributed by atoms with van der Waals surface area (Å²) in [5.41, 5.74) is 2.65. The van der Waals surface area contributed by atoms with Crippen LogP contribution >= 0.6 is 0 Å². The van der Waals surface area contributed by atoms with Crippen LogP contribution in [0.25, 0.3) is 0 Å². The first-order valence-corrected chi connectivity index (χ1v) is 7.73. The molecule has 0 saturated carbocycles. The van der Waals surface area contributed by atoms with E-state index in [0.29, 0.717) is 11.9 Å². The highest BCUT2D eigenvalue weighted by Crippen LogP contribution is 2.19. The summed E-state index contributed by atoms with van der Waals surface area (Å²) in [5, 5.41) is 0. The molecule has 1 aromatic rings. The lowest BCUT2D eigenvalue weighted by molar-refractivity contribution is 0.617. The minimum absolute atomic E-state index is 0.418. The lowest BCUT2D eigenvalue weighted by Crippen LogP contribution is -2.33. The van der Waals surface area contributed by atoms with Gasteiger partial charge in [0.25, 0.3) is 0 Å². The lowest BCUT2D eigenvalue weighted by Gasteiger charge is -2.28. The quantitative estimate of drug-likeness (QED) is 0.413. The zero-order chi connectivity index (χ0) is 15.0. The Labute approximate surface area is 123 Å². The fourth-order valence-electron chi connectivity index (χ4n) is 2.21. The maximum Gasteiger partial charge on any atom is 0.145 e. The third kappa shape index (κ3) is 4.96. The fraction of sp³-hybridized carbons (Fsp3) is 0.733. The van der Waals surface area contributed by atoms with Crippen molar-refractivity contribution in [3.05, 3.63) is 11.9 Å². The van der Waals surface area contributed by atoms with Crippen molar-refractivity contribution in [1.29, 1.82) is 0 Å². The summed E-state index contributed by atoms with van der Waals surface area (Å²) < 4.78 is 0. The molecule has 0 aliphatic heterocycles. The van der Waals surface area contributed by atoms with Crippen LogP contribution in [0.2, 0.25) is 0 Å². The Hall–Kier alpha value is -1.36. The van der Waals surface area contributed by atoms with Crippen molar-refractivity contribution < 1.29 is 0 Å². The third-order valence-corrected chi connectivity index (χ3v) is 3.30. The Morgan fingerprint density at radius 2 is 1.95 bits per heavy atom. The molecule has 0 unspecified atom stereocenters. The molecule has 0 aliphatic rings. The highest BCUT2D eigenvalue weighted by atomic mass is 15.3. The number of nitrogens with two attached hydrogens (primary N) is 1. The van der Waals surface area contributed by atoms with Gasteiger partial charge < -0.3 is 10.3 Å². The molecule has 1 rings (SSSR count). The Kier molecular flexibility index (Phi) is 7.30. The van der Waals surface area contributed by atoms with Crippen molar-refractivity contribution >= 4 is 11.6 Å². The molecule has 0 radical (unpaired) electrons. The highest BCUT2D eigenvalue weighted by molar-refractivity contribution is 5.49. The average molecular weight is 279 g/mol. The highest BCUT2D eigenvalue weighted by Gasteiger charge is 2.14. The monoisotopic (exact) mass is 279 g/mol. The van der Waals surface area contributed by atoms with Crippen molar-refractivity contribution in [1.82, 2.24) is 9.97 Å². The number of nitrogens with zero attached hydrogens (tertiary/aromatic N) is 3. The summed E-state index contributed by atoms with van der Waals surface area (Å²) >= 11 is 0. The lowest BCUT2D eigenvalue weighted by atomic mass is 10.2. The van der Waals surface area contributed by atoms with Crippen LogP contribution in [0.15, 0.2) is 6.07 Å². The molecular formula is C15H29N5. The first kappa shape index (κ1) is 16.7. The molecule has 3 N–H and O–H groups in total. The van der Waals surface area contributed by atoms with Crippen molar-refractivity contribution in [2.24, 2.45) is 5.84 Å². The van der Waals surface area contributed by atoms with E-state index in [1.165, 1.54) is 19.3 Å². The second kappa shape index (κ2) is 8.74. The number of hydrazine groups is 1. The number of aromatic nitrogens is 2. The van der Waals surface area contributed by atoms with Gasteiger partial charge in [0.05, 0.1) is 0 Å². The van der Waals surface area contributed by atoms with Crippen LogP contribution in [0.5, 0.6) is 0 Å². The van der Waals surface area contributed by atoms with Gasteiger partial charge in [-0.1, -0.05) is 26.7 Å². The van der Waals surface area contributed by atoms with Gasteiger partial charge in [0, 0.05) is 25.1 Å². The van der Waals surface area contributed by atoms with Gasteiger partial charge >= 0.3 is 0 Å². The van der Waals surface area contributed by atoms with Gasteiger partial charge in [-0.15, -0.1) is 0 Å². The van der Waals surface area contributed by atoms with E-state index in [1.54, 1.807) is 0 Å². The van der Waals surface area contributed by atoms with E-state index in [0.717, 1.165) is 31.0 Å². The van der Waals surface area contributed by atoms with Crippen LogP contribution in [0.3, 0.4) is 0 Å². The maximum atomic E-state index is 5.52. The minimum atomic E-state index is 0.418. The molecule has 0 atom stereocenters. The molecule has 114 valence electrons. The molecule has 0 saturated heterocycles. The van der Waals surface area contributed by atoms with Crippen molar-refractivity contribution in [3.63, 3.8) is 0 Å². The number of rotatable bonds is 9. The Balaban J connectivity index is 2.95. The molecule has 0 bridgehead atoms. The van der Waals surface area contributed by atoms with Crippen LogP contribution in [-0.2, 0) is 6.42 Å². The van der Waals surface area contributed by atoms with Crippen molar-refractivity contribution in [3.8, 4) is 0 Å². The van der Waals surface area contributed by atoms with E-state index in [4.69, 9.17) is 10.8 Å². The summed E-state index contributed by atoms with van der Waals surface area (Å²) in [6.45, 7) is 9.78. The van der Waals surface area contributed by atoms with Gasteiger partial charge in [-0.2, -0.15) is 0 Å². The first-order valence-electron chi connectivity index (χ1n) is 7.73. The SMILES string of the molecule is CCCCCN(c1cc(NN)nc(CCC)n1)C(C)C. The number of unbranched alkanes of at least 4 members (excludes halogenated alkanes) is 2. The summed E-state index contributed by atoms with van der Waals surface area (Å²) in [4.78, 5) is 11.4. The molecule has 5 heteroatoms. The van der Waals surface area contributed by atoms with Crippen molar-refractivity contribution in [2.45, 2.75) is 65.8 Å². The van der Waals surface area contributed by atoms with E-state index in [9.17, 15) is 0 Å². The topological polar surface area (TPSA) is 67.1 Å². The second-order valence-corrected chi connectivity index (χ2v) is 5.42. The molecule has 0 amide bonds. The fourth-order valence-corrected chi connectivity index (χ4v) is 2.21. The largest absolute Gasteiger partial charge is 0.354 e. The predicted octanol–water partition coefficient (Wildman–Crippen LogP) is 3.12. The molecule has 1 aromatic heterocycles. The van der Waals surface area contributed by atoms with E-state index in [2.05, 4.69) is 43.0 Å². The second-order valence-electron chi connectivity index (χ2n) is 5.42. The molecule has 1 heterocycles. The van der Waals surface area contributed by atoms with E-state index in [1.807, 2.05) is 6.07 Å². The van der Waals surface area contributed by atoms with Gasteiger partial charge in [0.2, 0.25) is 0 Å². The number of nitrogen functional groups attached to an aromatic ring is 1. The van der Waals surface area contributed by atoms with Gasteiger partial charge in [0.1, 0.15) is 17.5 Å². The molecule has 0 fully saturated rings. The van der Waals surface area contributed by atoms with Crippen LogP contribution in [-0.4, -0.2) is 22.6 Å². The predicted molar refractivity (Wildman–Crippen MR) is 85.8 cm³/mol. The molecule has 0 aliphatic carbocycles. The van der Waals surface area contributed by atoms with Gasteiger partial charge in [-0.05, 0) is 26.7 Å². The number of hydrogen-bond donors (Lipinski definition) is 2. The zero-order valence-electron chi connectivity index (χ0n) is 13.3. The number of aryl methyl sites for hydroxylation is 1. The van der Waals surface area contributed by atoms with Crippen LogP contribution in [0.1, 0.15) is 59.2 Å². The number of anilines is 2. The van der Waals surface area contributed by atoms with Gasteiger partial charge in [-0.3, -0.25) is 0 Å². The van der Waals surface area contributed by atoms with Crippen molar-refractivity contribution in [2.75, 3.05) is 16.9 Å². The normalized spacial score (nSPS) is 10.9. The third-order valence-electron chi connectivity index (χ3n) is 3.30. The first-order chi connectivity index (χ1) is 9.62. The smallest absolute Gasteiger partial charge is 0.145 e. The summed E-state index contributed by atoms with van der Waals surface area (Å²) in [6, 6.07) is 2.35. The zero-order valence-corrected chi connectivity index (χ0v) is 13.3. The minimum Gasteiger partial charge on any atom is -0.354 e. The van der Waals surface area contributed by atoms with E-state index >= 15 is 0 Å². The molecule has 5 nitrogen and oxygen atoms in total. The average Bonchev–Trinajstić information content (AvgIpc) is 2.43. The summed E-state index contributed by atoms with van der Waals surface area (Å²) in [7, 11) is 0. The molecule has 20 heavy (non-hydrogen) atoms. The van der Waals surface area contributed by atoms with Crippen LogP contribution < -0.4 is 16.2 Å². The number of nitrogens with one attached hydrogen (secondary N) is 1. The standard InChI is InChI=1S/C15H29N5/c1-5-7-8-10-20(12(3)4)15-11-14(19-16)17-13(18-15)9-6-2/h11-12H,5-10,16H2,1-4H3,(H,17,18,19). The molecular weight excluding hydrogens is 250 g/mol. The Morgan fingerprint density at radius 3 is 2.50 bits per heavy atom. The maximum absolute atomic E-state index is 5.52. The molecule has 0 spiro atoms. The molecule has 0 aromatic carbocycles. The van der Waals surface area contributed by atoms with Gasteiger partial charge in [-0.25, -0.2) is 15.8 Å². The Morgan fingerprint density at radius 1 is 1.20 bits per heavy atom. The van der Waals surface area contributed by atoms with Crippen LogP contribution in [0, 0.1) is 0 Å². The van der Waals surface area contributed by atoms with E-state index < -0.39 is 0 Å². The number of hydrogen-bond acceptors (Lipinski definition) is 5. The summed E-state index contributed by atoms with van der Waals surface area (Å²) in [6.07, 6.45) is 5.58. The Bertz CT molecular complexity index is 392. The van der Waals surface area contributed by atoms with Crippen LogP contribution in [0.4, 0.5) is 11.6 Å². The van der Waals surface area contributed by atoms with E-state index in [-0.39, 0.29) is 0 Å². The van der Waals surface area contributed by atoms with Gasteiger partial charge in [0.15, 0.2) is 0 Å².